The standard InChI is InChI=1S/C3H4N2O2S/c4-3-1-8(6,7)2-5-3/h1-2H,4H2. The molecule has 0 fully saturated rings. The predicted molar refractivity (Wildman–Crippen MR) is 29.7 cm³/mol. The molecule has 0 aromatic heterocycles. The minimum Gasteiger partial charge on any atom is -0.383 e. The van der Waals surface area contributed by atoms with Crippen molar-refractivity contribution in [1.29, 1.82) is 0 Å². The maximum Gasteiger partial charge on any atom is 0.213 e. The van der Waals surface area contributed by atoms with Gasteiger partial charge in [-0.25, -0.2) is 13.4 Å². The van der Waals surface area contributed by atoms with Crippen molar-refractivity contribution in [3.63, 3.8) is 0 Å². The summed E-state index contributed by atoms with van der Waals surface area (Å²) in [7, 11) is -3.17. The van der Waals surface area contributed by atoms with Gasteiger partial charge in [0.2, 0.25) is 9.84 Å². The van der Waals surface area contributed by atoms with Crippen LogP contribution in [0.3, 0.4) is 0 Å². The van der Waals surface area contributed by atoms with E-state index in [-0.39, 0.29) is 5.82 Å². The Kier molecular flexibility index (Phi) is 0.872. The molecule has 0 spiro atoms. The number of aliphatic imine (C=N–C) groups is 1. The van der Waals surface area contributed by atoms with E-state index in [0.29, 0.717) is 0 Å². The fourth-order valence-corrected chi connectivity index (χ4v) is 1.09. The van der Waals surface area contributed by atoms with Crippen molar-refractivity contribution in [2.45, 2.75) is 0 Å². The molecule has 0 aromatic rings. The Morgan fingerprint density at radius 3 is 2.38 bits per heavy atom. The van der Waals surface area contributed by atoms with Gasteiger partial charge in [0.05, 0.1) is 5.41 Å². The molecule has 0 saturated carbocycles. The molecule has 0 amide bonds. The summed E-state index contributed by atoms with van der Waals surface area (Å²) in [5.74, 6) is 0.0463. The number of rotatable bonds is 0. The molecule has 2 N–H and O–H groups in total. The highest BCUT2D eigenvalue weighted by atomic mass is 32.2. The molecular formula is C3H4N2O2S. The van der Waals surface area contributed by atoms with E-state index in [4.69, 9.17) is 5.73 Å². The molecule has 0 radical (unpaired) electrons. The summed E-state index contributed by atoms with van der Waals surface area (Å²) in [4.78, 5) is 3.31. The van der Waals surface area contributed by atoms with Crippen LogP contribution in [0, 0.1) is 0 Å². The number of sulfone groups is 1. The van der Waals surface area contributed by atoms with Gasteiger partial charge in [-0.3, -0.25) is 0 Å². The van der Waals surface area contributed by atoms with E-state index in [1.54, 1.807) is 0 Å². The number of nitrogens with two attached hydrogens (primary N) is 1. The van der Waals surface area contributed by atoms with Gasteiger partial charge in [0, 0.05) is 0 Å². The lowest BCUT2D eigenvalue weighted by Crippen LogP contribution is -1.91. The molecule has 0 aromatic carbocycles. The fourth-order valence-electron chi connectivity index (χ4n) is 0.363. The zero-order valence-electron chi connectivity index (χ0n) is 3.90. The summed E-state index contributed by atoms with van der Waals surface area (Å²) in [5, 5.41) is 0.910. The SMILES string of the molecule is NC1=CS(=O)(=O)C=N1. The third-order valence-corrected chi connectivity index (χ3v) is 1.60. The predicted octanol–water partition coefficient (Wildman–Crippen LogP) is -0.799. The summed E-state index contributed by atoms with van der Waals surface area (Å²) in [6, 6.07) is 0. The summed E-state index contributed by atoms with van der Waals surface area (Å²) < 4.78 is 20.7. The van der Waals surface area contributed by atoms with Crippen LogP contribution in [0.15, 0.2) is 16.2 Å². The molecular weight excluding hydrogens is 128 g/mol. The first-order chi connectivity index (χ1) is 3.60. The highest BCUT2D eigenvalue weighted by molar-refractivity contribution is 8.07. The molecule has 0 unspecified atom stereocenters. The Labute approximate surface area is 46.6 Å². The maximum absolute atomic E-state index is 10.3. The first-order valence-electron chi connectivity index (χ1n) is 1.86. The minimum atomic E-state index is -3.17. The molecule has 0 aliphatic carbocycles. The maximum atomic E-state index is 10.3. The zero-order chi connectivity index (χ0) is 6.20. The van der Waals surface area contributed by atoms with E-state index in [1.165, 1.54) is 0 Å². The Balaban J connectivity index is 3.21. The van der Waals surface area contributed by atoms with Gasteiger partial charge in [0.25, 0.3) is 0 Å². The number of hydrogen-bond donors (Lipinski definition) is 1. The first-order valence-corrected chi connectivity index (χ1v) is 3.47. The second kappa shape index (κ2) is 1.32. The highest BCUT2D eigenvalue weighted by Gasteiger charge is 2.08. The molecule has 0 bridgehead atoms. The molecule has 0 atom stereocenters. The van der Waals surface area contributed by atoms with Gasteiger partial charge < -0.3 is 5.73 Å². The molecule has 1 heterocycles. The average Bonchev–Trinajstić information content (AvgIpc) is 1.82. The Morgan fingerprint density at radius 2 is 2.25 bits per heavy atom. The van der Waals surface area contributed by atoms with Crippen LogP contribution < -0.4 is 5.73 Å². The van der Waals surface area contributed by atoms with Gasteiger partial charge in [-0.2, -0.15) is 0 Å². The lowest BCUT2D eigenvalue weighted by molar-refractivity contribution is 0.616. The van der Waals surface area contributed by atoms with Crippen LogP contribution in [0.2, 0.25) is 0 Å². The van der Waals surface area contributed by atoms with Crippen LogP contribution in [0.4, 0.5) is 0 Å². The smallest absolute Gasteiger partial charge is 0.213 e. The van der Waals surface area contributed by atoms with Gasteiger partial charge in [-0.1, -0.05) is 0 Å². The summed E-state index contributed by atoms with van der Waals surface area (Å²) in [5.41, 5.74) is 5.82. The van der Waals surface area contributed by atoms with Gasteiger partial charge >= 0.3 is 0 Å². The molecule has 5 heteroatoms. The van der Waals surface area contributed by atoms with Crippen molar-refractivity contribution in [2.24, 2.45) is 10.7 Å². The highest BCUT2D eigenvalue weighted by Crippen LogP contribution is 2.01. The van der Waals surface area contributed by atoms with Crippen LogP contribution in [0.5, 0.6) is 0 Å². The van der Waals surface area contributed by atoms with E-state index >= 15 is 0 Å². The Hall–Kier alpha value is -0.840. The Bertz CT molecular complexity index is 248. The van der Waals surface area contributed by atoms with Crippen molar-refractivity contribution in [2.75, 3.05) is 0 Å². The monoisotopic (exact) mass is 132 g/mol. The summed E-state index contributed by atoms with van der Waals surface area (Å²) in [6.45, 7) is 0. The van der Waals surface area contributed by atoms with Crippen LogP contribution in [0.1, 0.15) is 0 Å². The average molecular weight is 132 g/mol. The molecule has 44 valence electrons. The lowest BCUT2D eigenvalue weighted by atomic mass is 10.9. The van der Waals surface area contributed by atoms with E-state index in [0.717, 1.165) is 11.0 Å². The van der Waals surface area contributed by atoms with Crippen molar-refractivity contribution in [3.05, 3.63) is 11.2 Å². The van der Waals surface area contributed by atoms with Crippen LogP contribution >= 0.6 is 0 Å². The van der Waals surface area contributed by atoms with Gasteiger partial charge in [-0.05, 0) is 0 Å². The molecule has 8 heavy (non-hydrogen) atoms. The van der Waals surface area contributed by atoms with E-state index in [2.05, 4.69) is 4.99 Å². The molecule has 1 aliphatic heterocycles. The topological polar surface area (TPSA) is 72.5 Å². The van der Waals surface area contributed by atoms with E-state index in [9.17, 15) is 8.42 Å². The van der Waals surface area contributed by atoms with Crippen molar-refractivity contribution >= 4 is 15.4 Å². The Morgan fingerprint density at radius 1 is 1.62 bits per heavy atom. The second-order valence-corrected chi connectivity index (χ2v) is 2.99. The van der Waals surface area contributed by atoms with Crippen molar-refractivity contribution in [3.8, 4) is 0 Å². The third kappa shape index (κ3) is 0.865. The minimum absolute atomic E-state index is 0.0463. The van der Waals surface area contributed by atoms with Crippen LogP contribution in [-0.4, -0.2) is 14.0 Å². The normalized spacial score (nSPS) is 23.2. The largest absolute Gasteiger partial charge is 0.383 e. The molecule has 4 nitrogen and oxygen atoms in total. The fraction of sp³-hybridized carbons (Fsp3) is 0. The van der Waals surface area contributed by atoms with Crippen molar-refractivity contribution < 1.29 is 8.42 Å². The van der Waals surface area contributed by atoms with Gasteiger partial charge in [0.15, 0.2) is 0 Å². The van der Waals surface area contributed by atoms with E-state index in [1.807, 2.05) is 0 Å². The van der Waals surface area contributed by atoms with Crippen LogP contribution in [-0.2, 0) is 9.84 Å². The van der Waals surface area contributed by atoms with Crippen LogP contribution in [0.25, 0.3) is 0 Å². The van der Waals surface area contributed by atoms with Crippen molar-refractivity contribution in [1.82, 2.24) is 0 Å². The zero-order valence-corrected chi connectivity index (χ0v) is 4.72. The second-order valence-electron chi connectivity index (χ2n) is 1.37. The summed E-state index contributed by atoms with van der Waals surface area (Å²) in [6.07, 6.45) is 0. The first kappa shape index (κ1) is 5.30. The third-order valence-electron chi connectivity index (χ3n) is 0.634. The molecule has 0 saturated heterocycles. The number of hydrogen-bond acceptors (Lipinski definition) is 4. The molecule has 1 aliphatic rings. The van der Waals surface area contributed by atoms with Gasteiger partial charge in [0.1, 0.15) is 11.4 Å². The quantitative estimate of drug-likeness (QED) is 0.469. The lowest BCUT2D eigenvalue weighted by Gasteiger charge is -1.74. The van der Waals surface area contributed by atoms with Gasteiger partial charge in [-0.15, -0.1) is 0 Å². The summed E-state index contributed by atoms with van der Waals surface area (Å²) >= 11 is 0. The number of nitrogens with zero attached hydrogens (tertiary/aromatic N) is 1. The van der Waals surface area contributed by atoms with E-state index < -0.39 is 9.84 Å². The molecule has 1 rings (SSSR count).